The molecule has 0 spiro atoms. The first-order valence-electron chi connectivity index (χ1n) is 6.67. The van der Waals surface area contributed by atoms with Crippen molar-refractivity contribution < 1.29 is 14.7 Å². The van der Waals surface area contributed by atoms with E-state index in [0.717, 1.165) is 13.0 Å². The van der Waals surface area contributed by atoms with E-state index in [2.05, 4.69) is 4.90 Å². The van der Waals surface area contributed by atoms with Crippen LogP contribution in [0.5, 0.6) is 5.75 Å². The van der Waals surface area contributed by atoms with Gasteiger partial charge in [0.25, 0.3) is 0 Å². The highest BCUT2D eigenvalue weighted by atomic mass is 16.3. The van der Waals surface area contributed by atoms with Gasteiger partial charge in [0.1, 0.15) is 5.75 Å². The van der Waals surface area contributed by atoms with Crippen molar-refractivity contribution in [1.29, 1.82) is 0 Å². The van der Waals surface area contributed by atoms with Gasteiger partial charge in [-0.3, -0.25) is 14.5 Å². The van der Waals surface area contributed by atoms with Crippen LogP contribution in [0.25, 0.3) is 0 Å². The predicted molar refractivity (Wildman–Crippen MR) is 75.3 cm³/mol. The van der Waals surface area contributed by atoms with Crippen molar-refractivity contribution in [3.05, 3.63) is 29.3 Å². The molecule has 108 valence electrons. The molecule has 1 amide bonds. The lowest BCUT2D eigenvalue weighted by Crippen LogP contribution is -2.36. The van der Waals surface area contributed by atoms with Gasteiger partial charge in [-0.05, 0) is 45.0 Å². The Morgan fingerprint density at radius 1 is 1.45 bits per heavy atom. The SMILES string of the molecule is CC(=O)c1ccc(O)c(CN2CCC(C)(C(N)=O)C2)c1. The molecule has 5 nitrogen and oxygen atoms in total. The van der Waals surface area contributed by atoms with Crippen molar-refractivity contribution >= 4 is 11.7 Å². The summed E-state index contributed by atoms with van der Waals surface area (Å²) in [5.41, 5.74) is 6.19. The summed E-state index contributed by atoms with van der Waals surface area (Å²) in [5, 5.41) is 9.89. The first kappa shape index (κ1) is 14.5. The van der Waals surface area contributed by atoms with E-state index in [1.807, 2.05) is 6.92 Å². The monoisotopic (exact) mass is 276 g/mol. The van der Waals surface area contributed by atoms with Crippen molar-refractivity contribution in [3.63, 3.8) is 0 Å². The van der Waals surface area contributed by atoms with Crippen molar-refractivity contribution in [2.75, 3.05) is 13.1 Å². The molecule has 1 aromatic carbocycles. The number of amides is 1. The molecule has 1 unspecified atom stereocenters. The summed E-state index contributed by atoms with van der Waals surface area (Å²) in [5.74, 6) is -0.154. The molecule has 2 rings (SSSR count). The van der Waals surface area contributed by atoms with Gasteiger partial charge in [0, 0.05) is 24.2 Å². The number of nitrogens with two attached hydrogens (primary N) is 1. The third kappa shape index (κ3) is 2.82. The van der Waals surface area contributed by atoms with Crippen LogP contribution in [0.2, 0.25) is 0 Å². The minimum absolute atomic E-state index is 0.0327. The Balaban J connectivity index is 2.14. The van der Waals surface area contributed by atoms with Crippen LogP contribution in [0.3, 0.4) is 0 Å². The van der Waals surface area contributed by atoms with Crippen molar-refractivity contribution in [2.45, 2.75) is 26.8 Å². The van der Waals surface area contributed by atoms with E-state index in [1.54, 1.807) is 12.1 Å². The highest BCUT2D eigenvalue weighted by molar-refractivity contribution is 5.94. The molecule has 0 radical (unpaired) electrons. The number of hydrogen-bond acceptors (Lipinski definition) is 4. The second-order valence-electron chi connectivity index (χ2n) is 5.79. The topological polar surface area (TPSA) is 83.6 Å². The molecule has 1 aliphatic heterocycles. The molecule has 5 heteroatoms. The number of primary amides is 1. The fraction of sp³-hybridized carbons (Fsp3) is 0.467. The average molecular weight is 276 g/mol. The number of carbonyl (C=O) groups excluding carboxylic acids is 2. The lowest BCUT2D eigenvalue weighted by atomic mass is 9.89. The van der Waals surface area contributed by atoms with Gasteiger partial charge in [-0.15, -0.1) is 0 Å². The first-order chi connectivity index (χ1) is 9.32. The number of likely N-dealkylation sites (tertiary alicyclic amines) is 1. The summed E-state index contributed by atoms with van der Waals surface area (Å²) in [6.45, 7) is 5.20. The average Bonchev–Trinajstić information content (AvgIpc) is 2.75. The first-order valence-corrected chi connectivity index (χ1v) is 6.67. The molecule has 0 aliphatic carbocycles. The smallest absolute Gasteiger partial charge is 0.224 e. The number of Topliss-reactive ketones (excluding diaryl/α,β-unsaturated/α-hetero) is 1. The molecular formula is C15H20N2O3. The molecule has 0 saturated carbocycles. The van der Waals surface area contributed by atoms with Crippen molar-refractivity contribution in [2.24, 2.45) is 11.1 Å². The van der Waals surface area contributed by atoms with Crippen LogP contribution in [0.4, 0.5) is 0 Å². The number of phenolic OH excluding ortho intramolecular Hbond substituents is 1. The number of ketones is 1. The van der Waals surface area contributed by atoms with Gasteiger partial charge in [0.05, 0.1) is 5.41 Å². The van der Waals surface area contributed by atoms with Gasteiger partial charge in [-0.1, -0.05) is 0 Å². The summed E-state index contributed by atoms with van der Waals surface area (Å²) >= 11 is 0. The predicted octanol–water partition coefficient (Wildman–Crippen LogP) is 1.29. The molecule has 1 aliphatic rings. The summed E-state index contributed by atoms with van der Waals surface area (Å²) < 4.78 is 0. The molecule has 3 N–H and O–H groups in total. The molecule has 1 aromatic rings. The van der Waals surface area contributed by atoms with Gasteiger partial charge >= 0.3 is 0 Å². The summed E-state index contributed by atoms with van der Waals surface area (Å²) in [6.07, 6.45) is 0.718. The maximum atomic E-state index is 11.4. The van der Waals surface area contributed by atoms with Crippen LogP contribution in [0, 0.1) is 5.41 Å². The van der Waals surface area contributed by atoms with E-state index < -0.39 is 5.41 Å². The zero-order valence-corrected chi connectivity index (χ0v) is 11.8. The van der Waals surface area contributed by atoms with E-state index in [0.29, 0.717) is 24.2 Å². The zero-order chi connectivity index (χ0) is 14.9. The van der Waals surface area contributed by atoms with Crippen molar-refractivity contribution in [1.82, 2.24) is 4.90 Å². The van der Waals surface area contributed by atoms with E-state index in [4.69, 9.17) is 5.73 Å². The number of carbonyl (C=O) groups is 2. The quantitative estimate of drug-likeness (QED) is 0.812. The second-order valence-corrected chi connectivity index (χ2v) is 5.79. The number of aromatic hydroxyl groups is 1. The number of hydrogen-bond donors (Lipinski definition) is 2. The van der Waals surface area contributed by atoms with Crippen LogP contribution in [0.1, 0.15) is 36.2 Å². The minimum Gasteiger partial charge on any atom is -0.508 e. The summed E-state index contributed by atoms with van der Waals surface area (Å²) in [7, 11) is 0. The molecular weight excluding hydrogens is 256 g/mol. The van der Waals surface area contributed by atoms with Gasteiger partial charge in [0.2, 0.25) is 5.91 Å². The normalized spacial score (nSPS) is 22.9. The maximum Gasteiger partial charge on any atom is 0.224 e. The molecule has 1 fully saturated rings. The highest BCUT2D eigenvalue weighted by Crippen LogP contribution is 2.31. The van der Waals surface area contributed by atoms with E-state index in [-0.39, 0.29) is 17.4 Å². The van der Waals surface area contributed by atoms with E-state index >= 15 is 0 Å². The molecule has 1 heterocycles. The van der Waals surface area contributed by atoms with E-state index in [1.165, 1.54) is 13.0 Å². The van der Waals surface area contributed by atoms with Crippen LogP contribution in [0.15, 0.2) is 18.2 Å². The standard InChI is InChI=1S/C15H20N2O3/c1-10(18)11-3-4-13(19)12(7-11)8-17-6-5-15(2,9-17)14(16)20/h3-4,7,19H,5-6,8-9H2,1-2H3,(H2,16,20). The van der Waals surface area contributed by atoms with E-state index in [9.17, 15) is 14.7 Å². The lowest BCUT2D eigenvalue weighted by molar-refractivity contribution is -0.126. The third-order valence-corrected chi connectivity index (χ3v) is 4.03. The Labute approximate surface area is 118 Å². The fourth-order valence-corrected chi connectivity index (χ4v) is 2.56. The van der Waals surface area contributed by atoms with Gasteiger partial charge in [-0.2, -0.15) is 0 Å². The Morgan fingerprint density at radius 3 is 2.70 bits per heavy atom. The molecule has 1 saturated heterocycles. The van der Waals surface area contributed by atoms with Crippen LogP contribution in [-0.2, 0) is 11.3 Å². The Hall–Kier alpha value is -1.88. The number of phenols is 1. The van der Waals surface area contributed by atoms with Gasteiger partial charge in [-0.25, -0.2) is 0 Å². The van der Waals surface area contributed by atoms with Crippen LogP contribution < -0.4 is 5.73 Å². The van der Waals surface area contributed by atoms with Gasteiger partial charge in [0.15, 0.2) is 5.78 Å². The lowest BCUT2D eigenvalue weighted by Gasteiger charge is -2.21. The van der Waals surface area contributed by atoms with Crippen molar-refractivity contribution in [3.8, 4) is 5.75 Å². The third-order valence-electron chi connectivity index (χ3n) is 4.03. The Bertz CT molecular complexity index is 556. The molecule has 0 bridgehead atoms. The van der Waals surface area contributed by atoms with Crippen LogP contribution >= 0.6 is 0 Å². The summed E-state index contributed by atoms with van der Waals surface area (Å²) in [6, 6.07) is 4.85. The molecule has 20 heavy (non-hydrogen) atoms. The zero-order valence-electron chi connectivity index (χ0n) is 11.8. The highest BCUT2D eigenvalue weighted by Gasteiger charge is 2.38. The number of nitrogens with zero attached hydrogens (tertiary/aromatic N) is 1. The molecule has 0 aromatic heterocycles. The molecule has 1 atom stereocenters. The number of rotatable bonds is 4. The summed E-state index contributed by atoms with van der Waals surface area (Å²) in [4.78, 5) is 24.9. The largest absolute Gasteiger partial charge is 0.508 e. The Kier molecular flexibility index (Phi) is 3.81. The minimum atomic E-state index is -0.506. The Morgan fingerprint density at radius 2 is 2.15 bits per heavy atom. The number of benzene rings is 1. The van der Waals surface area contributed by atoms with Crippen LogP contribution in [-0.4, -0.2) is 34.8 Å². The fourth-order valence-electron chi connectivity index (χ4n) is 2.56. The van der Waals surface area contributed by atoms with Gasteiger partial charge < -0.3 is 10.8 Å². The second kappa shape index (κ2) is 5.25. The maximum absolute atomic E-state index is 11.4.